The van der Waals surface area contributed by atoms with E-state index in [4.69, 9.17) is 15.2 Å². The number of hydrogen-bond acceptors (Lipinski definition) is 3. The van der Waals surface area contributed by atoms with Gasteiger partial charge >= 0.3 is 0 Å². The van der Waals surface area contributed by atoms with Crippen molar-refractivity contribution in [2.75, 3.05) is 20.3 Å². The van der Waals surface area contributed by atoms with Crippen LogP contribution in [-0.4, -0.2) is 20.3 Å². The molecule has 0 aliphatic rings. The molecule has 2 N–H and O–H groups in total. The Hall–Kier alpha value is -2.00. The van der Waals surface area contributed by atoms with Gasteiger partial charge in [-0.2, -0.15) is 0 Å². The summed E-state index contributed by atoms with van der Waals surface area (Å²) in [5, 5.41) is 0. The van der Waals surface area contributed by atoms with Crippen LogP contribution in [0.1, 0.15) is 24.3 Å². The van der Waals surface area contributed by atoms with Crippen molar-refractivity contribution in [3.8, 4) is 11.5 Å². The molecule has 0 aliphatic heterocycles. The third-order valence-electron chi connectivity index (χ3n) is 3.56. The van der Waals surface area contributed by atoms with E-state index in [-0.39, 0.29) is 0 Å². The van der Waals surface area contributed by atoms with Gasteiger partial charge in [-0.3, -0.25) is 0 Å². The summed E-state index contributed by atoms with van der Waals surface area (Å²) in [6, 6.07) is 18.1. The van der Waals surface area contributed by atoms with Gasteiger partial charge in [0.2, 0.25) is 0 Å². The zero-order valence-electron chi connectivity index (χ0n) is 12.5. The number of nitrogens with two attached hydrogens (primary N) is 1. The zero-order chi connectivity index (χ0) is 14.9. The third-order valence-corrected chi connectivity index (χ3v) is 3.56. The van der Waals surface area contributed by atoms with E-state index >= 15 is 0 Å². The Kier molecular flexibility index (Phi) is 6.10. The average molecular weight is 285 g/mol. The van der Waals surface area contributed by atoms with Gasteiger partial charge in [0.15, 0.2) is 0 Å². The first-order valence-electron chi connectivity index (χ1n) is 7.35. The predicted octanol–water partition coefficient (Wildman–Crippen LogP) is 3.60. The quantitative estimate of drug-likeness (QED) is 0.754. The van der Waals surface area contributed by atoms with Crippen LogP contribution in [-0.2, 0) is 0 Å². The number of methoxy groups -OCH3 is 1. The molecule has 0 heterocycles. The van der Waals surface area contributed by atoms with Gasteiger partial charge in [0.25, 0.3) is 0 Å². The lowest BCUT2D eigenvalue weighted by Crippen LogP contribution is -2.13. The molecule has 2 aromatic carbocycles. The Morgan fingerprint density at radius 3 is 2.48 bits per heavy atom. The molecule has 0 bridgehead atoms. The molecule has 0 radical (unpaired) electrons. The molecule has 0 fully saturated rings. The number of ether oxygens (including phenoxy) is 2. The molecule has 1 unspecified atom stereocenters. The van der Waals surface area contributed by atoms with Gasteiger partial charge in [-0.1, -0.05) is 36.4 Å². The molecule has 3 nitrogen and oxygen atoms in total. The normalized spacial score (nSPS) is 11.9. The Morgan fingerprint density at radius 2 is 1.76 bits per heavy atom. The second-order valence-electron chi connectivity index (χ2n) is 5.01. The summed E-state index contributed by atoms with van der Waals surface area (Å²) in [6.45, 7) is 1.36. The number of rotatable bonds is 8. The van der Waals surface area contributed by atoms with Crippen LogP contribution in [0.5, 0.6) is 11.5 Å². The Labute approximate surface area is 126 Å². The summed E-state index contributed by atoms with van der Waals surface area (Å²) in [5.74, 6) is 2.06. The largest absolute Gasteiger partial charge is 0.497 e. The van der Waals surface area contributed by atoms with Gasteiger partial charge in [0.1, 0.15) is 11.5 Å². The van der Waals surface area contributed by atoms with Crippen LogP contribution in [0, 0.1) is 0 Å². The summed E-state index contributed by atoms with van der Waals surface area (Å²) < 4.78 is 10.9. The molecule has 0 aromatic heterocycles. The lowest BCUT2D eigenvalue weighted by atomic mass is 9.95. The van der Waals surface area contributed by atoms with E-state index in [9.17, 15) is 0 Å². The van der Waals surface area contributed by atoms with Crippen molar-refractivity contribution in [3.05, 3.63) is 60.2 Å². The van der Waals surface area contributed by atoms with E-state index in [2.05, 4.69) is 24.3 Å². The molecule has 2 aromatic rings. The highest BCUT2D eigenvalue weighted by atomic mass is 16.5. The summed E-state index contributed by atoms with van der Waals surface area (Å²) in [7, 11) is 1.66. The smallest absolute Gasteiger partial charge is 0.122 e. The maximum Gasteiger partial charge on any atom is 0.122 e. The van der Waals surface area contributed by atoms with Crippen molar-refractivity contribution >= 4 is 0 Å². The Balaban J connectivity index is 1.78. The molecular weight excluding hydrogens is 262 g/mol. The van der Waals surface area contributed by atoms with E-state index in [1.807, 2.05) is 30.3 Å². The molecule has 0 saturated carbocycles. The maximum atomic E-state index is 5.88. The molecule has 0 aliphatic carbocycles. The summed E-state index contributed by atoms with van der Waals surface area (Å²) in [4.78, 5) is 0. The van der Waals surface area contributed by atoms with Crippen LogP contribution in [0.4, 0.5) is 0 Å². The van der Waals surface area contributed by atoms with Crippen LogP contribution in [0.3, 0.4) is 0 Å². The first-order valence-corrected chi connectivity index (χ1v) is 7.35. The highest BCUT2D eigenvalue weighted by Gasteiger charge is 2.08. The second-order valence-corrected chi connectivity index (χ2v) is 5.01. The molecule has 112 valence electrons. The van der Waals surface area contributed by atoms with Crippen molar-refractivity contribution < 1.29 is 9.47 Å². The van der Waals surface area contributed by atoms with Crippen molar-refractivity contribution in [2.45, 2.75) is 18.8 Å². The third kappa shape index (κ3) is 4.80. The fraction of sp³-hybridized carbons (Fsp3) is 0.333. The second kappa shape index (κ2) is 8.32. The molecule has 21 heavy (non-hydrogen) atoms. The molecular formula is C18H23NO2. The molecule has 0 saturated heterocycles. The predicted molar refractivity (Wildman–Crippen MR) is 86.0 cm³/mol. The number of benzene rings is 2. The van der Waals surface area contributed by atoms with Gasteiger partial charge in [-0.25, -0.2) is 0 Å². The Bertz CT molecular complexity index is 528. The zero-order valence-corrected chi connectivity index (χ0v) is 12.5. The minimum Gasteiger partial charge on any atom is -0.497 e. The van der Waals surface area contributed by atoms with E-state index in [0.717, 1.165) is 24.3 Å². The molecule has 0 spiro atoms. The van der Waals surface area contributed by atoms with Gasteiger partial charge in [0, 0.05) is 6.07 Å². The van der Waals surface area contributed by atoms with E-state index in [0.29, 0.717) is 19.1 Å². The molecule has 2 rings (SSSR count). The standard InChI is InChI=1S/C18H23NO2/c1-20-17-10-5-11-18(13-17)21-12-6-9-16(14-19)15-7-3-2-4-8-15/h2-5,7-8,10-11,13,16H,6,9,12,14,19H2,1H3. The fourth-order valence-corrected chi connectivity index (χ4v) is 2.36. The molecule has 0 amide bonds. The highest BCUT2D eigenvalue weighted by molar-refractivity contribution is 5.32. The van der Waals surface area contributed by atoms with Gasteiger partial charge in [-0.15, -0.1) is 0 Å². The van der Waals surface area contributed by atoms with Gasteiger partial charge in [0.05, 0.1) is 13.7 Å². The van der Waals surface area contributed by atoms with Crippen molar-refractivity contribution in [3.63, 3.8) is 0 Å². The minimum atomic E-state index is 0.403. The number of hydrogen-bond donors (Lipinski definition) is 1. The van der Waals surface area contributed by atoms with Gasteiger partial charge in [-0.05, 0) is 43.0 Å². The lowest BCUT2D eigenvalue weighted by molar-refractivity contribution is 0.299. The summed E-state index contributed by atoms with van der Waals surface area (Å²) in [6.07, 6.45) is 2.01. The van der Waals surface area contributed by atoms with Crippen LogP contribution in [0.2, 0.25) is 0 Å². The van der Waals surface area contributed by atoms with Crippen molar-refractivity contribution in [1.29, 1.82) is 0 Å². The first-order chi connectivity index (χ1) is 10.3. The van der Waals surface area contributed by atoms with Crippen molar-refractivity contribution in [2.24, 2.45) is 5.73 Å². The minimum absolute atomic E-state index is 0.403. The molecule has 1 atom stereocenters. The lowest BCUT2D eigenvalue weighted by Gasteiger charge is -2.15. The van der Waals surface area contributed by atoms with E-state index < -0.39 is 0 Å². The van der Waals surface area contributed by atoms with Crippen molar-refractivity contribution in [1.82, 2.24) is 0 Å². The Morgan fingerprint density at radius 1 is 1.00 bits per heavy atom. The van der Waals surface area contributed by atoms with Crippen LogP contribution in [0.25, 0.3) is 0 Å². The average Bonchev–Trinajstić information content (AvgIpc) is 2.56. The topological polar surface area (TPSA) is 44.5 Å². The molecule has 3 heteroatoms. The van der Waals surface area contributed by atoms with Crippen LogP contribution >= 0.6 is 0 Å². The summed E-state index contributed by atoms with van der Waals surface area (Å²) in [5.41, 5.74) is 7.19. The monoisotopic (exact) mass is 285 g/mol. The summed E-state index contributed by atoms with van der Waals surface area (Å²) >= 11 is 0. The van der Waals surface area contributed by atoms with Gasteiger partial charge < -0.3 is 15.2 Å². The SMILES string of the molecule is COc1cccc(OCCCC(CN)c2ccccc2)c1. The van der Waals surface area contributed by atoms with E-state index in [1.54, 1.807) is 7.11 Å². The maximum absolute atomic E-state index is 5.88. The van der Waals surface area contributed by atoms with Crippen LogP contribution in [0.15, 0.2) is 54.6 Å². The highest BCUT2D eigenvalue weighted by Crippen LogP contribution is 2.21. The van der Waals surface area contributed by atoms with Crippen LogP contribution < -0.4 is 15.2 Å². The fourth-order valence-electron chi connectivity index (χ4n) is 2.36. The first kappa shape index (κ1) is 15.4. The van der Waals surface area contributed by atoms with E-state index in [1.165, 1.54) is 5.56 Å².